The van der Waals surface area contributed by atoms with Crippen LogP contribution in [0.3, 0.4) is 0 Å². The van der Waals surface area contributed by atoms with Gasteiger partial charge in [-0.3, -0.25) is 9.59 Å². The molecule has 4 aromatic rings. The van der Waals surface area contributed by atoms with Gasteiger partial charge in [0.2, 0.25) is 11.8 Å². The molecule has 5 rings (SSSR count). The van der Waals surface area contributed by atoms with E-state index in [2.05, 4.69) is 5.32 Å². The van der Waals surface area contributed by atoms with Crippen LogP contribution in [0.25, 0.3) is 0 Å². The van der Waals surface area contributed by atoms with E-state index in [9.17, 15) is 9.59 Å². The molecule has 1 aliphatic heterocycles. The molecule has 1 heterocycles. The van der Waals surface area contributed by atoms with Crippen LogP contribution in [-0.2, 0) is 35.8 Å². The molecule has 1 aliphatic rings. The van der Waals surface area contributed by atoms with E-state index in [1.807, 2.05) is 109 Å². The molecule has 2 atom stereocenters. The van der Waals surface area contributed by atoms with Gasteiger partial charge in [-0.1, -0.05) is 97.8 Å². The van der Waals surface area contributed by atoms with E-state index in [0.717, 1.165) is 53.0 Å². The maximum atomic E-state index is 13.9. The van der Waals surface area contributed by atoms with Gasteiger partial charge in [0.15, 0.2) is 0 Å². The number of piperazine rings is 1. The first-order valence-electron chi connectivity index (χ1n) is 15.4. The van der Waals surface area contributed by atoms with Crippen LogP contribution < -0.4 is 20.5 Å². The normalized spacial score (nSPS) is 16.4. The molecule has 7 heteroatoms. The summed E-state index contributed by atoms with van der Waals surface area (Å²) in [6.45, 7) is 1.95. The van der Waals surface area contributed by atoms with Gasteiger partial charge in [-0.25, -0.2) is 0 Å². The minimum atomic E-state index is -0.632. The number of carbonyl (C=O) groups excluding carboxylic acids is 2. The van der Waals surface area contributed by atoms with Gasteiger partial charge in [0.25, 0.3) is 0 Å². The Hall–Kier alpha value is -4.62. The molecule has 228 valence electrons. The van der Waals surface area contributed by atoms with Gasteiger partial charge in [-0.2, -0.15) is 0 Å². The van der Waals surface area contributed by atoms with Crippen molar-refractivity contribution in [1.82, 2.24) is 10.2 Å². The number of rotatable bonds is 15. The van der Waals surface area contributed by atoms with Crippen molar-refractivity contribution in [2.24, 2.45) is 5.73 Å². The first kappa shape index (κ1) is 30.8. The molecule has 1 saturated heterocycles. The van der Waals surface area contributed by atoms with Crippen LogP contribution in [0.2, 0.25) is 0 Å². The molecule has 0 aromatic heterocycles. The molecule has 3 N–H and O–H groups in total. The van der Waals surface area contributed by atoms with Crippen LogP contribution in [0.5, 0.6) is 11.5 Å². The van der Waals surface area contributed by atoms with Crippen molar-refractivity contribution >= 4 is 11.8 Å². The Labute approximate surface area is 260 Å². The third kappa shape index (κ3) is 8.71. The molecular formula is C37H41N3O4. The molecule has 1 fully saturated rings. The summed E-state index contributed by atoms with van der Waals surface area (Å²) in [4.78, 5) is 29.0. The number of benzene rings is 4. The van der Waals surface area contributed by atoms with E-state index in [1.165, 1.54) is 0 Å². The van der Waals surface area contributed by atoms with Gasteiger partial charge in [-0.05, 0) is 65.9 Å². The first-order valence-corrected chi connectivity index (χ1v) is 15.4. The molecule has 0 saturated carbocycles. The van der Waals surface area contributed by atoms with Crippen LogP contribution in [0.1, 0.15) is 47.9 Å². The van der Waals surface area contributed by atoms with E-state index in [-0.39, 0.29) is 11.8 Å². The minimum Gasteiger partial charge on any atom is -0.489 e. The van der Waals surface area contributed by atoms with Gasteiger partial charge in [0, 0.05) is 13.0 Å². The Morgan fingerprint density at radius 2 is 1.18 bits per heavy atom. The first-order chi connectivity index (χ1) is 21.6. The topological polar surface area (TPSA) is 93.9 Å². The molecule has 2 amide bonds. The Balaban J connectivity index is 1.23. The lowest BCUT2D eigenvalue weighted by molar-refractivity contribution is -0.150. The molecule has 0 unspecified atom stereocenters. The Kier molecular flexibility index (Phi) is 11.0. The molecule has 0 bridgehead atoms. The smallest absolute Gasteiger partial charge is 0.246 e. The van der Waals surface area contributed by atoms with Crippen molar-refractivity contribution < 1.29 is 19.1 Å². The van der Waals surface area contributed by atoms with E-state index in [0.29, 0.717) is 39.1 Å². The average Bonchev–Trinajstić information content (AvgIpc) is 3.06. The predicted molar refractivity (Wildman–Crippen MR) is 172 cm³/mol. The summed E-state index contributed by atoms with van der Waals surface area (Å²) in [7, 11) is 0. The number of amides is 2. The maximum Gasteiger partial charge on any atom is 0.246 e. The Morgan fingerprint density at radius 1 is 0.636 bits per heavy atom. The largest absolute Gasteiger partial charge is 0.489 e. The zero-order valence-corrected chi connectivity index (χ0v) is 25.1. The van der Waals surface area contributed by atoms with Crippen molar-refractivity contribution in [3.63, 3.8) is 0 Å². The van der Waals surface area contributed by atoms with Crippen molar-refractivity contribution in [3.8, 4) is 11.5 Å². The van der Waals surface area contributed by atoms with Gasteiger partial charge in [0.05, 0.1) is 0 Å². The lowest BCUT2D eigenvalue weighted by Crippen LogP contribution is -2.63. The van der Waals surface area contributed by atoms with Crippen LogP contribution in [0.15, 0.2) is 109 Å². The molecule has 44 heavy (non-hydrogen) atoms. The lowest BCUT2D eigenvalue weighted by atomic mass is 9.96. The SMILES string of the molecule is NCCCCC[C@H]1C(=O)N[C@@H](Cc2ccc(OCc3ccccc3)cc2)C(=O)N1Cc1ccc(OCc2ccccc2)cc1. The van der Waals surface area contributed by atoms with Crippen molar-refractivity contribution in [2.45, 2.75) is 63.9 Å². The second-order valence-electron chi connectivity index (χ2n) is 11.2. The summed E-state index contributed by atoms with van der Waals surface area (Å²) in [6.07, 6.45) is 3.68. The van der Waals surface area contributed by atoms with E-state index < -0.39 is 12.1 Å². The molecular weight excluding hydrogens is 550 g/mol. The van der Waals surface area contributed by atoms with Gasteiger partial charge in [0.1, 0.15) is 36.8 Å². The lowest BCUT2D eigenvalue weighted by Gasteiger charge is -2.39. The summed E-state index contributed by atoms with van der Waals surface area (Å²) in [5.41, 5.74) is 9.77. The number of ether oxygens (including phenoxy) is 2. The van der Waals surface area contributed by atoms with Gasteiger partial charge >= 0.3 is 0 Å². The number of unbranched alkanes of at least 4 members (excludes halogenated alkanes) is 2. The second kappa shape index (κ2) is 15.7. The minimum absolute atomic E-state index is 0.0674. The van der Waals surface area contributed by atoms with Crippen molar-refractivity contribution in [2.75, 3.05) is 6.54 Å². The average molecular weight is 592 g/mol. The fraction of sp³-hybridized carbons (Fsp3) is 0.297. The number of nitrogens with zero attached hydrogens (tertiary/aromatic N) is 1. The fourth-order valence-corrected chi connectivity index (χ4v) is 5.42. The van der Waals surface area contributed by atoms with E-state index in [1.54, 1.807) is 4.90 Å². The third-order valence-electron chi connectivity index (χ3n) is 7.89. The van der Waals surface area contributed by atoms with Crippen LogP contribution in [0, 0.1) is 0 Å². The van der Waals surface area contributed by atoms with E-state index >= 15 is 0 Å². The fourth-order valence-electron chi connectivity index (χ4n) is 5.42. The summed E-state index contributed by atoms with van der Waals surface area (Å²) < 4.78 is 11.9. The summed E-state index contributed by atoms with van der Waals surface area (Å²) in [6, 6.07) is 34.4. The highest BCUT2D eigenvalue weighted by Crippen LogP contribution is 2.24. The Bertz CT molecular complexity index is 1460. The quantitative estimate of drug-likeness (QED) is 0.170. The highest BCUT2D eigenvalue weighted by Gasteiger charge is 2.40. The number of carbonyl (C=O) groups is 2. The van der Waals surface area contributed by atoms with Crippen LogP contribution in [-0.4, -0.2) is 35.3 Å². The predicted octanol–water partition coefficient (Wildman–Crippen LogP) is 5.80. The highest BCUT2D eigenvalue weighted by atomic mass is 16.5. The molecule has 0 aliphatic carbocycles. The van der Waals surface area contributed by atoms with Gasteiger partial charge < -0.3 is 25.4 Å². The second-order valence-corrected chi connectivity index (χ2v) is 11.2. The van der Waals surface area contributed by atoms with Crippen molar-refractivity contribution in [3.05, 3.63) is 131 Å². The maximum absolute atomic E-state index is 13.9. The van der Waals surface area contributed by atoms with Crippen molar-refractivity contribution in [1.29, 1.82) is 0 Å². The zero-order chi connectivity index (χ0) is 30.6. The number of nitrogens with one attached hydrogen (secondary N) is 1. The van der Waals surface area contributed by atoms with Crippen LogP contribution >= 0.6 is 0 Å². The number of nitrogens with two attached hydrogens (primary N) is 1. The monoisotopic (exact) mass is 591 g/mol. The molecule has 0 radical (unpaired) electrons. The summed E-state index contributed by atoms with van der Waals surface area (Å²) in [5.74, 6) is 1.34. The Morgan fingerprint density at radius 3 is 1.73 bits per heavy atom. The number of hydrogen-bond acceptors (Lipinski definition) is 5. The third-order valence-corrected chi connectivity index (χ3v) is 7.89. The standard InChI is InChI=1S/C37H41N3O4/c38-23-9-3-8-14-35-36(41)39-34(24-28-15-19-32(20-16-28)43-26-30-10-4-1-5-11-30)37(42)40(35)25-29-17-21-33(22-18-29)44-27-31-12-6-2-7-13-31/h1-2,4-7,10-13,15-22,34-35H,3,8-9,14,23-27,38H2,(H,39,41)/t34-,35-/m0/s1. The molecule has 4 aromatic carbocycles. The molecule has 7 nitrogen and oxygen atoms in total. The number of hydrogen-bond donors (Lipinski definition) is 2. The van der Waals surface area contributed by atoms with E-state index in [4.69, 9.17) is 15.2 Å². The van der Waals surface area contributed by atoms with Crippen LogP contribution in [0.4, 0.5) is 0 Å². The molecule has 0 spiro atoms. The highest BCUT2D eigenvalue weighted by molar-refractivity contribution is 5.97. The van der Waals surface area contributed by atoms with Gasteiger partial charge in [-0.15, -0.1) is 0 Å². The summed E-state index contributed by atoms with van der Waals surface area (Å²) in [5, 5.41) is 3.02. The summed E-state index contributed by atoms with van der Waals surface area (Å²) >= 11 is 0. The zero-order valence-electron chi connectivity index (χ0n) is 25.1.